The third-order valence-corrected chi connectivity index (χ3v) is 5.15. The predicted molar refractivity (Wildman–Crippen MR) is 113 cm³/mol. The van der Waals surface area contributed by atoms with Gasteiger partial charge in [-0.2, -0.15) is 0 Å². The summed E-state index contributed by atoms with van der Waals surface area (Å²) in [5.41, 5.74) is 0.979. The number of nitrogens with one attached hydrogen (secondary N) is 2. The zero-order chi connectivity index (χ0) is 21.7. The minimum absolute atomic E-state index is 0.0115. The van der Waals surface area contributed by atoms with Crippen molar-refractivity contribution in [2.75, 3.05) is 18.4 Å². The summed E-state index contributed by atoms with van der Waals surface area (Å²) in [4.78, 5) is 39.4. The van der Waals surface area contributed by atoms with E-state index in [0.29, 0.717) is 11.3 Å². The molecule has 1 aliphatic rings. The van der Waals surface area contributed by atoms with Crippen LogP contribution in [0.3, 0.4) is 0 Å². The van der Waals surface area contributed by atoms with Gasteiger partial charge >= 0.3 is 0 Å². The van der Waals surface area contributed by atoms with Crippen molar-refractivity contribution in [1.29, 1.82) is 0 Å². The van der Waals surface area contributed by atoms with Crippen molar-refractivity contribution >= 4 is 23.4 Å². The Kier molecular flexibility index (Phi) is 6.82. The van der Waals surface area contributed by atoms with E-state index in [4.69, 9.17) is 0 Å². The number of anilines is 1. The molecule has 0 aliphatic carbocycles. The molecule has 1 aliphatic heterocycles. The molecule has 158 valence electrons. The number of rotatable bonds is 6. The van der Waals surface area contributed by atoms with Crippen molar-refractivity contribution < 1.29 is 18.8 Å². The van der Waals surface area contributed by atoms with Crippen LogP contribution in [0, 0.1) is 11.7 Å². The van der Waals surface area contributed by atoms with Gasteiger partial charge in [0.1, 0.15) is 11.9 Å². The largest absolute Gasteiger partial charge is 0.340 e. The van der Waals surface area contributed by atoms with E-state index in [1.165, 1.54) is 18.2 Å². The average Bonchev–Trinajstić information content (AvgIpc) is 3.26. The molecule has 2 aromatic rings. The second-order valence-corrected chi connectivity index (χ2v) is 7.74. The molecule has 3 amide bonds. The van der Waals surface area contributed by atoms with Crippen LogP contribution in [0.25, 0.3) is 0 Å². The van der Waals surface area contributed by atoms with Crippen molar-refractivity contribution in [1.82, 2.24) is 10.2 Å². The molecule has 1 saturated heterocycles. The number of carbonyl (C=O) groups is 3. The van der Waals surface area contributed by atoms with Gasteiger partial charge in [-0.15, -0.1) is 0 Å². The molecule has 7 heteroatoms. The lowest BCUT2D eigenvalue weighted by Gasteiger charge is -2.22. The van der Waals surface area contributed by atoms with Crippen LogP contribution in [-0.4, -0.2) is 41.8 Å². The molecule has 30 heavy (non-hydrogen) atoms. The van der Waals surface area contributed by atoms with Crippen LogP contribution in [0.5, 0.6) is 0 Å². The maximum atomic E-state index is 13.9. The highest BCUT2D eigenvalue weighted by Gasteiger charge is 2.26. The number of amides is 3. The maximum absolute atomic E-state index is 13.9. The highest BCUT2D eigenvalue weighted by atomic mass is 19.1. The second kappa shape index (κ2) is 9.52. The topological polar surface area (TPSA) is 78.5 Å². The molecule has 0 radical (unpaired) electrons. The predicted octanol–water partition coefficient (Wildman–Crippen LogP) is 3.45. The molecule has 1 heterocycles. The molecule has 0 saturated carbocycles. The molecule has 2 N–H and O–H groups in total. The Labute approximate surface area is 175 Å². The number of nitrogens with zero attached hydrogens (tertiary/aromatic N) is 1. The SMILES string of the molecule is CC(C)C(NC(=O)c1ccccc1F)C(=O)Nc1ccc(C(=O)N2CCCC2)cc1. The number of benzene rings is 2. The van der Waals surface area contributed by atoms with Crippen LogP contribution in [-0.2, 0) is 4.79 Å². The smallest absolute Gasteiger partial charge is 0.254 e. The van der Waals surface area contributed by atoms with Gasteiger partial charge in [0.25, 0.3) is 11.8 Å². The van der Waals surface area contributed by atoms with Crippen LogP contribution in [0.2, 0.25) is 0 Å². The quantitative estimate of drug-likeness (QED) is 0.764. The Morgan fingerprint density at radius 2 is 1.60 bits per heavy atom. The van der Waals surface area contributed by atoms with Crippen LogP contribution >= 0.6 is 0 Å². The summed E-state index contributed by atoms with van der Waals surface area (Å²) in [5, 5.41) is 5.37. The highest BCUT2D eigenvalue weighted by molar-refractivity contribution is 6.01. The number of carbonyl (C=O) groups excluding carboxylic acids is 3. The van der Waals surface area contributed by atoms with Gasteiger partial charge in [-0.3, -0.25) is 14.4 Å². The van der Waals surface area contributed by atoms with E-state index >= 15 is 0 Å². The van der Waals surface area contributed by atoms with Crippen molar-refractivity contribution in [2.45, 2.75) is 32.7 Å². The Balaban J connectivity index is 1.65. The Morgan fingerprint density at radius 1 is 0.967 bits per heavy atom. The van der Waals surface area contributed by atoms with E-state index in [1.54, 1.807) is 44.2 Å². The Bertz CT molecular complexity index is 922. The van der Waals surface area contributed by atoms with Crippen molar-refractivity contribution in [3.8, 4) is 0 Å². The fraction of sp³-hybridized carbons (Fsp3) is 0.348. The van der Waals surface area contributed by atoms with Crippen LogP contribution in [0.1, 0.15) is 47.4 Å². The number of hydrogen-bond donors (Lipinski definition) is 2. The zero-order valence-electron chi connectivity index (χ0n) is 17.2. The lowest BCUT2D eigenvalue weighted by Crippen LogP contribution is -2.47. The van der Waals surface area contributed by atoms with Gasteiger partial charge in [0.05, 0.1) is 5.56 Å². The molecule has 1 atom stereocenters. The Hall–Kier alpha value is -3.22. The summed E-state index contributed by atoms with van der Waals surface area (Å²) in [7, 11) is 0. The van der Waals surface area contributed by atoms with Crippen molar-refractivity contribution in [3.63, 3.8) is 0 Å². The fourth-order valence-electron chi connectivity index (χ4n) is 3.42. The summed E-state index contributed by atoms with van der Waals surface area (Å²) in [6, 6.07) is 11.5. The van der Waals surface area contributed by atoms with Gasteiger partial charge < -0.3 is 15.5 Å². The average molecular weight is 411 g/mol. The molecule has 0 spiro atoms. The summed E-state index contributed by atoms with van der Waals surface area (Å²) < 4.78 is 13.9. The molecule has 0 aromatic heterocycles. The van der Waals surface area contributed by atoms with Crippen LogP contribution < -0.4 is 10.6 Å². The van der Waals surface area contributed by atoms with E-state index in [0.717, 1.165) is 25.9 Å². The summed E-state index contributed by atoms with van der Waals surface area (Å²) >= 11 is 0. The van der Waals surface area contributed by atoms with Gasteiger partial charge in [0, 0.05) is 24.3 Å². The first-order chi connectivity index (χ1) is 14.4. The molecular formula is C23H26FN3O3. The highest BCUT2D eigenvalue weighted by Crippen LogP contribution is 2.16. The molecule has 2 aromatic carbocycles. The second-order valence-electron chi connectivity index (χ2n) is 7.74. The zero-order valence-corrected chi connectivity index (χ0v) is 17.2. The van der Waals surface area contributed by atoms with Gasteiger partial charge in [-0.05, 0) is 55.2 Å². The molecule has 6 nitrogen and oxygen atoms in total. The van der Waals surface area contributed by atoms with Crippen LogP contribution in [0.15, 0.2) is 48.5 Å². The third-order valence-electron chi connectivity index (χ3n) is 5.15. The van der Waals surface area contributed by atoms with Gasteiger partial charge in [0.2, 0.25) is 5.91 Å². The molecule has 0 bridgehead atoms. The van der Waals surface area contributed by atoms with Crippen molar-refractivity contribution in [2.24, 2.45) is 5.92 Å². The van der Waals surface area contributed by atoms with Crippen LogP contribution in [0.4, 0.5) is 10.1 Å². The van der Waals surface area contributed by atoms with Gasteiger partial charge in [-0.1, -0.05) is 26.0 Å². The minimum atomic E-state index is -0.844. The molecule has 1 unspecified atom stereocenters. The maximum Gasteiger partial charge on any atom is 0.254 e. The van der Waals surface area contributed by atoms with E-state index in [-0.39, 0.29) is 17.4 Å². The normalized spacial score (nSPS) is 14.5. The first-order valence-corrected chi connectivity index (χ1v) is 10.1. The molecular weight excluding hydrogens is 385 g/mol. The number of halogens is 1. The summed E-state index contributed by atoms with van der Waals surface area (Å²) in [5.74, 6) is -1.92. The van der Waals surface area contributed by atoms with Crippen molar-refractivity contribution in [3.05, 3.63) is 65.5 Å². The lowest BCUT2D eigenvalue weighted by atomic mass is 10.0. The van der Waals surface area contributed by atoms with E-state index < -0.39 is 23.7 Å². The first kappa shape index (κ1) is 21.5. The van der Waals surface area contributed by atoms with E-state index in [1.807, 2.05) is 4.90 Å². The number of hydrogen-bond acceptors (Lipinski definition) is 3. The Morgan fingerprint density at radius 3 is 2.20 bits per heavy atom. The monoisotopic (exact) mass is 411 g/mol. The first-order valence-electron chi connectivity index (χ1n) is 10.1. The molecule has 1 fully saturated rings. The molecule has 3 rings (SSSR count). The van der Waals surface area contributed by atoms with E-state index in [9.17, 15) is 18.8 Å². The lowest BCUT2D eigenvalue weighted by molar-refractivity contribution is -0.118. The third kappa shape index (κ3) is 5.03. The number of likely N-dealkylation sites (tertiary alicyclic amines) is 1. The summed E-state index contributed by atoms with van der Waals surface area (Å²) in [6.07, 6.45) is 2.05. The van der Waals surface area contributed by atoms with Gasteiger partial charge in [0.15, 0.2) is 0 Å². The standard InChI is InChI=1S/C23H26FN3O3/c1-15(2)20(26-21(28)18-7-3-4-8-19(18)24)22(29)25-17-11-9-16(10-12-17)23(30)27-13-5-6-14-27/h3-4,7-12,15,20H,5-6,13-14H2,1-2H3,(H,25,29)(H,26,28). The fourth-order valence-corrected chi connectivity index (χ4v) is 3.42. The van der Waals surface area contributed by atoms with E-state index in [2.05, 4.69) is 10.6 Å². The van der Waals surface area contributed by atoms with Gasteiger partial charge in [-0.25, -0.2) is 4.39 Å². The summed E-state index contributed by atoms with van der Waals surface area (Å²) in [6.45, 7) is 5.14. The minimum Gasteiger partial charge on any atom is -0.340 e.